The number of cyclic esters (lactones) is 2. The lowest BCUT2D eigenvalue weighted by molar-refractivity contribution is -0.150. The van der Waals surface area contributed by atoms with Gasteiger partial charge >= 0.3 is 11.9 Å². The van der Waals surface area contributed by atoms with Gasteiger partial charge in [-0.25, -0.2) is 9.59 Å². The van der Waals surface area contributed by atoms with Crippen LogP contribution in [-0.2, 0) is 14.3 Å². The summed E-state index contributed by atoms with van der Waals surface area (Å²) in [5.74, 6) is -1.04. The van der Waals surface area contributed by atoms with E-state index in [1.165, 1.54) is 0 Å². The quantitative estimate of drug-likeness (QED) is 0.434. The number of unbranched alkanes of at least 4 members (excludes halogenated alkanes) is 3. The topological polar surface area (TPSA) is 43.4 Å². The van der Waals surface area contributed by atoms with Crippen molar-refractivity contribution >= 4 is 27.9 Å². The molecule has 4 heteroatoms. The zero-order chi connectivity index (χ0) is 10.6. The van der Waals surface area contributed by atoms with E-state index in [1.807, 2.05) is 0 Å². The van der Waals surface area contributed by atoms with Crippen molar-refractivity contribution in [3.8, 4) is 0 Å². The molecule has 0 amide bonds. The monoisotopic (exact) mass is 260 g/mol. The Balaban J connectivity index is 2.43. The van der Waals surface area contributed by atoms with Crippen LogP contribution in [0.25, 0.3) is 0 Å². The summed E-state index contributed by atoms with van der Waals surface area (Å²) in [6.07, 6.45) is 4.96. The maximum atomic E-state index is 11.1. The van der Waals surface area contributed by atoms with Gasteiger partial charge in [0.25, 0.3) is 0 Å². The van der Waals surface area contributed by atoms with Crippen LogP contribution in [0.5, 0.6) is 0 Å². The van der Waals surface area contributed by atoms with Gasteiger partial charge in [0, 0.05) is 0 Å². The number of halogens is 1. The van der Waals surface area contributed by atoms with Crippen molar-refractivity contribution < 1.29 is 14.3 Å². The molecule has 0 aromatic rings. The molecular weight excluding hydrogens is 248 g/mol. The summed E-state index contributed by atoms with van der Waals surface area (Å²) < 4.78 is 4.75. The van der Waals surface area contributed by atoms with Gasteiger partial charge in [0.05, 0.1) is 5.57 Å². The molecule has 78 valence electrons. The molecule has 0 fully saturated rings. The standard InChI is InChI=1S/C10H13BrO3/c1-2-3-4-5-6-7-8(11)10(13)14-9(7)12/h2-6H2,1H3. The molecule has 3 nitrogen and oxygen atoms in total. The van der Waals surface area contributed by atoms with Crippen LogP contribution in [-0.4, -0.2) is 11.9 Å². The van der Waals surface area contributed by atoms with Crippen LogP contribution < -0.4 is 0 Å². The largest absolute Gasteiger partial charge is 0.386 e. The zero-order valence-electron chi connectivity index (χ0n) is 8.14. The van der Waals surface area contributed by atoms with Gasteiger partial charge in [-0.3, -0.25) is 0 Å². The molecule has 0 spiro atoms. The van der Waals surface area contributed by atoms with Gasteiger partial charge in [-0.1, -0.05) is 26.2 Å². The Morgan fingerprint density at radius 3 is 2.36 bits per heavy atom. The van der Waals surface area contributed by atoms with Crippen LogP contribution in [0, 0.1) is 0 Å². The summed E-state index contributed by atoms with van der Waals surface area (Å²) in [7, 11) is 0. The molecule has 0 radical (unpaired) electrons. The highest BCUT2D eigenvalue weighted by Crippen LogP contribution is 2.26. The molecule has 1 aliphatic rings. The van der Waals surface area contributed by atoms with Crippen molar-refractivity contribution in [1.82, 2.24) is 0 Å². The van der Waals surface area contributed by atoms with E-state index < -0.39 is 11.9 Å². The van der Waals surface area contributed by atoms with Crippen LogP contribution in [0.1, 0.15) is 39.0 Å². The Hall–Kier alpha value is -0.640. The van der Waals surface area contributed by atoms with E-state index in [2.05, 4.69) is 27.6 Å². The van der Waals surface area contributed by atoms with Crippen molar-refractivity contribution in [1.29, 1.82) is 0 Å². The van der Waals surface area contributed by atoms with E-state index in [0.29, 0.717) is 16.5 Å². The minimum atomic E-state index is -0.555. The maximum absolute atomic E-state index is 11.1. The summed E-state index contributed by atoms with van der Waals surface area (Å²) in [5.41, 5.74) is 0.492. The lowest BCUT2D eigenvalue weighted by atomic mass is 10.1. The molecule has 0 bridgehead atoms. The van der Waals surface area contributed by atoms with Crippen molar-refractivity contribution in [2.75, 3.05) is 0 Å². The minimum Gasteiger partial charge on any atom is -0.386 e. The van der Waals surface area contributed by atoms with E-state index >= 15 is 0 Å². The third kappa shape index (κ3) is 2.67. The van der Waals surface area contributed by atoms with Gasteiger partial charge < -0.3 is 4.74 Å². The van der Waals surface area contributed by atoms with E-state index in [4.69, 9.17) is 0 Å². The van der Waals surface area contributed by atoms with Crippen molar-refractivity contribution in [3.63, 3.8) is 0 Å². The van der Waals surface area contributed by atoms with Gasteiger partial charge in [-0.2, -0.15) is 0 Å². The fourth-order valence-corrected chi connectivity index (χ4v) is 1.78. The Kier molecular flexibility index (Phi) is 4.32. The third-order valence-electron chi connectivity index (χ3n) is 2.16. The summed E-state index contributed by atoms with van der Waals surface area (Å²) in [6.45, 7) is 2.13. The van der Waals surface area contributed by atoms with E-state index in [0.717, 1.165) is 25.7 Å². The van der Waals surface area contributed by atoms with Crippen LogP contribution in [0.15, 0.2) is 10.1 Å². The van der Waals surface area contributed by atoms with E-state index in [-0.39, 0.29) is 0 Å². The predicted octanol–water partition coefficient (Wildman–Crippen LogP) is 2.69. The fourth-order valence-electron chi connectivity index (χ4n) is 1.34. The van der Waals surface area contributed by atoms with Crippen LogP contribution in [0.2, 0.25) is 0 Å². The number of hydrogen-bond donors (Lipinski definition) is 0. The normalized spacial score (nSPS) is 16.4. The Morgan fingerprint density at radius 2 is 1.86 bits per heavy atom. The van der Waals surface area contributed by atoms with Gasteiger partial charge in [0.1, 0.15) is 4.48 Å². The fraction of sp³-hybridized carbons (Fsp3) is 0.600. The first kappa shape index (κ1) is 11.4. The molecule has 0 aromatic carbocycles. The summed E-state index contributed by atoms with van der Waals surface area (Å²) >= 11 is 3.06. The Labute approximate surface area is 91.6 Å². The average molecular weight is 261 g/mol. The smallest absolute Gasteiger partial charge is 0.353 e. The molecule has 0 unspecified atom stereocenters. The molecule has 0 saturated carbocycles. The first-order valence-electron chi connectivity index (χ1n) is 4.82. The second kappa shape index (κ2) is 5.29. The number of rotatable bonds is 5. The number of hydrogen-bond acceptors (Lipinski definition) is 3. The highest BCUT2D eigenvalue weighted by Gasteiger charge is 2.30. The highest BCUT2D eigenvalue weighted by molar-refractivity contribution is 9.12. The second-order valence-electron chi connectivity index (χ2n) is 3.28. The van der Waals surface area contributed by atoms with Crippen molar-refractivity contribution in [2.24, 2.45) is 0 Å². The van der Waals surface area contributed by atoms with E-state index in [9.17, 15) is 9.59 Å². The number of carbonyl (C=O) groups is 2. The number of ether oxygens (including phenoxy) is 1. The summed E-state index contributed by atoms with van der Waals surface area (Å²) in [4.78, 5) is 22.1. The maximum Gasteiger partial charge on any atom is 0.353 e. The molecule has 14 heavy (non-hydrogen) atoms. The first-order chi connectivity index (χ1) is 6.66. The zero-order valence-corrected chi connectivity index (χ0v) is 9.72. The Bertz CT molecular complexity index is 281. The van der Waals surface area contributed by atoms with Crippen LogP contribution in [0.4, 0.5) is 0 Å². The predicted molar refractivity (Wildman–Crippen MR) is 55.8 cm³/mol. The molecule has 0 atom stereocenters. The Morgan fingerprint density at radius 1 is 1.14 bits per heavy atom. The molecule has 1 rings (SSSR count). The minimum absolute atomic E-state index is 0.305. The van der Waals surface area contributed by atoms with Crippen molar-refractivity contribution in [3.05, 3.63) is 10.1 Å². The van der Waals surface area contributed by atoms with Crippen LogP contribution >= 0.6 is 15.9 Å². The third-order valence-corrected chi connectivity index (χ3v) is 2.96. The molecule has 0 aliphatic carbocycles. The first-order valence-corrected chi connectivity index (χ1v) is 5.61. The molecule has 0 N–H and O–H groups in total. The van der Waals surface area contributed by atoms with E-state index in [1.54, 1.807) is 0 Å². The summed E-state index contributed by atoms with van der Waals surface area (Å²) in [5, 5.41) is 0. The highest BCUT2D eigenvalue weighted by atomic mass is 79.9. The molecule has 0 saturated heterocycles. The van der Waals surface area contributed by atoms with Gasteiger partial charge in [-0.15, -0.1) is 0 Å². The summed E-state index contributed by atoms with van der Waals surface area (Å²) in [6, 6.07) is 0. The SMILES string of the molecule is CCCCCCC1=C(Br)C(=O)OC1=O. The number of carbonyl (C=O) groups excluding carboxylic acids is 2. The molecule has 0 aromatic heterocycles. The molecule has 1 heterocycles. The average Bonchev–Trinajstić information content (AvgIpc) is 2.38. The van der Waals surface area contributed by atoms with Gasteiger partial charge in [-0.05, 0) is 28.8 Å². The van der Waals surface area contributed by atoms with Gasteiger partial charge in [0.15, 0.2) is 0 Å². The second-order valence-corrected chi connectivity index (χ2v) is 4.07. The molecule has 1 aliphatic heterocycles. The number of esters is 2. The molecular formula is C10H13BrO3. The lowest BCUT2D eigenvalue weighted by Gasteiger charge is -1.98. The van der Waals surface area contributed by atoms with Crippen LogP contribution in [0.3, 0.4) is 0 Å². The lowest BCUT2D eigenvalue weighted by Crippen LogP contribution is -2.01. The van der Waals surface area contributed by atoms with Gasteiger partial charge in [0.2, 0.25) is 0 Å². The van der Waals surface area contributed by atoms with Crippen molar-refractivity contribution in [2.45, 2.75) is 39.0 Å².